The van der Waals surface area contributed by atoms with Gasteiger partial charge in [0.15, 0.2) is 18.1 Å². The minimum atomic E-state index is -0.775. The predicted molar refractivity (Wildman–Crippen MR) is 106 cm³/mol. The first-order valence-electron chi connectivity index (χ1n) is 8.97. The van der Waals surface area contributed by atoms with Crippen LogP contribution in [0.15, 0.2) is 47.3 Å². The number of amides is 1. The molecular formula is C20H20N4O6. The highest BCUT2D eigenvalue weighted by atomic mass is 16.5. The molecule has 1 aromatic heterocycles. The molecule has 0 unspecified atom stereocenters. The molecule has 3 rings (SSSR count). The number of carbonyl (C=O) groups is 2. The van der Waals surface area contributed by atoms with E-state index >= 15 is 0 Å². The number of nitrogens with one attached hydrogen (secondary N) is 1. The fourth-order valence-corrected chi connectivity index (χ4v) is 2.68. The first-order chi connectivity index (χ1) is 14.5. The van der Waals surface area contributed by atoms with Crippen molar-refractivity contribution in [3.05, 3.63) is 58.4 Å². The van der Waals surface area contributed by atoms with Crippen molar-refractivity contribution < 1.29 is 23.8 Å². The number of benzene rings is 2. The van der Waals surface area contributed by atoms with E-state index < -0.39 is 30.6 Å². The van der Waals surface area contributed by atoms with Crippen LogP contribution in [0.25, 0.3) is 10.9 Å². The van der Waals surface area contributed by atoms with Crippen molar-refractivity contribution >= 4 is 22.8 Å². The van der Waals surface area contributed by atoms with Gasteiger partial charge in [-0.25, -0.2) is 0 Å². The van der Waals surface area contributed by atoms with Crippen LogP contribution < -0.4 is 20.3 Å². The van der Waals surface area contributed by atoms with Gasteiger partial charge in [0.25, 0.3) is 11.5 Å². The molecule has 0 aliphatic carbocycles. The number of hydrogen-bond acceptors (Lipinski definition) is 8. The van der Waals surface area contributed by atoms with Gasteiger partial charge >= 0.3 is 5.97 Å². The van der Waals surface area contributed by atoms with Crippen LogP contribution in [0.3, 0.4) is 0 Å². The van der Waals surface area contributed by atoms with Crippen LogP contribution in [0.2, 0.25) is 0 Å². The summed E-state index contributed by atoms with van der Waals surface area (Å²) in [5.41, 5.74) is 0.752. The van der Waals surface area contributed by atoms with Crippen molar-refractivity contribution in [1.82, 2.24) is 20.3 Å². The Bertz CT molecular complexity index is 1130. The number of esters is 1. The van der Waals surface area contributed by atoms with Gasteiger partial charge in [-0.2, -0.15) is 4.68 Å². The van der Waals surface area contributed by atoms with Gasteiger partial charge in [-0.05, 0) is 29.8 Å². The molecule has 0 saturated heterocycles. The van der Waals surface area contributed by atoms with E-state index in [1.807, 2.05) is 0 Å². The summed E-state index contributed by atoms with van der Waals surface area (Å²) in [6.45, 7) is -0.714. The fraction of sp³-hybridized carbons (Fsp3) is 0.250. The maximum absolute atomic E-state index is 12.3. The number of rotatable bonds is 8. The Morgan fingerprint density at radius 3 is 2.60 bits per heavy atom. The molecular weight excluding hydrogens is 392 g/mol. The number of fused-ring (bicyclic) bond motifs is 1. The number of aromatic nitrogens is 3. The molecule has 0 saturated carbocycles. The van der Waals surface area contributed by atoms with E-state index in [0.717, 1.165) is 10.2 Å². The first-order valence-corrected chi connectivity index (χ1v) is 8.97. The highest BCUT2D eigenvalue weighted by molar-refractivity contribution is 5.80. The quantitative estimate of drug-likeness (QED) is 0.536. The third-order valence-corrected chi connectivity index (χ3v) is 4.21. The van der Waals surface area contributed by atoms with Gasteiger partial charge in [-0.1, -0.05) is 23.4 Å². The highest BCUT2D eigenvalue weighted by Crippen LogP contribution is 2.27. The lowest BCUT2D eigenvalue weighted by molar-refractivity contribution is -0.149. The van der Waals surface area contributed by atoms with Gasteiger partial charge in [0, 0.05) is 6.54 Å². The van der Waals surface area contributed by atoms with E-state index in [1.54, 1.807) is 42.5 Å². The van der Waals surface area contributed by atoms with Crippen molar-refractivity contribution in [1.29, 1.82) is 0 Å². The summed E-state index contributed by atoms with van der Waals surface area (Å²) in [6.07, 6.45) is 0. The number of hydrogen-bond donors (Lipinski definition) is 1. The van der Waals surface area contributed by atoms with Crippen molar-refractivity contribution in [2.45, 2.75) is 13.1 Å². The Hall–Kier alpha value is -3.95. The molecule has 0 spiro atoms. The highest BCUT2D eigenvalue weighted by Gasteiger charge is 2.12. The lowest BCUT2D eigenvalue weighted by Crippen LogP contribution is -2.32. The molecule has 0 radical (unpaired) electrons. The molecule has 30 heavy (non-hydrogen) atoms. The Kier molecular flexibility index (Phi) is 6.58. The van der Waals surface area contributed by atoms with Crippen LogP contribution in [-0.2, 0) is 27.4 Å². The summed E-state index contributed by atoms with van der Waals surface area (Å²) in [4.78, 5) is 36.2. The largest absolute Gasteiger partial charge is 0.493 e. The Morgan fingerprint density at radius 2 is 1.83 bits per heavy atom. The van der Waals surface area contributed by atoms with Gasteiger partial charge in [0.05, 0.1) is 19.6 Å². The monoisotopic (exact) mass is 412 g/mol. The van der Waals surface area contributed by atoms with E-state index in [0.29, 0.717) is 22.4 Å². The molecule has 10 nitrogen and oxygen atoms in total. The molecule has 3 aromatic rings. The molecule has 1 N–H and O–H groups in total. The molecule has 0 bridgehead atoms. The van der Waals surface area contributed by atoms with Gasteiger partial charge in [0.1, 0.15) is 12.1 Å². The van der Waals surface area contributed by atoms with E-state index in [-0.39, 0.29) is 6.54 Å². The number of ether oxygens (including phenoxy) is 3. The normalized spacial score (nSPS) is 10.5. The molecule has 0 aliphatic rings. The summed E-state index contributed by atoms with van der Waals surface area (Å²) in [5.74, 6) is -0.149. The zero-order valence-corrected chi connectivity index (χ0v) is 16.5. The fourth-order valence-electron chi connectivity index (χ4n) is 2.68. The van der Waals surface area contributed by atoms with Crippen molar-refractivity contribution in [3.63, 3.8) is 0 Å². The SMILES string of the molecule is COc1ccc(CNC(=O)COC(=O)Cn2nnc3ccccc3c2=O)cc1OC. The van der Waals surface area contributed by atoms with E-state index in [9.17, 15) is 14.4 Å². The lowest BCUT2D eigenvalue weighted by atomic mass is 10.2. The van der Waals surface area contributed by atoms with Crippen LogP contribution in [0, 0.1) is 0 Å². The smallest absolute Gasteiger partial charge is 0.328 e. The van der Waals surface area contributed by atoms with E-state index in [4.69, 9.17) is 14.2 Å². The molecule has 10 heteroatoms. The third kappa shape index (κ3) is 4.90. The summed E-state index contributed by atoms with van der Waals surface area (Å²) < 4.78 is 16.2. The van der Waals surface area contributed by atoms with Gasteiger partial charge in [-0.3, -0.25) is 14.4 Å². The number of nitrogens with zero attached hydrogens (tertiary/aromatic N) is 3. The minimum Gasteiger partial charge on any atom is -0.493 e. The second-order valence-electron chi connectivity index (χ2n) is 6.20. The minimum absolute atomic E-state index is 0.215. The average Bonchev–Trinajstić information content (AvgIpc) is 2.78. The molecule has 0 atom stereocenters. The standard InChI is InChI=1S/C20H20N4O6/c1-28-16-8-7-13(9-17(16)29-2)10-21-18(25)12-30-19(26)11-24-20(27)14-5-3-4-6-15(14)22-23-24/h3-9H,10-12H2,1-2H3,(H,21,25). The summed E-state index contributed by atoms with van der Waals surface area (Å²) in [5, 5.41) is 10.6. The van der Waals surface area contributed by atoms with Crippen LogP contribution >= 0.6 is 0 Å². The Balaban J connectivity index is 1.51. The summed E-state index contributed by atoms with van der Waals surface area (Å²) >= 11 is 0. The van der Waals surface area contributed by atoms with Crippen LogP contribution in [0.5, 0.6) is 11.5 Å². The molecule has 156 valence electrons. The molecule has 2 aromatic carbocycles. The zero-order valence-electron chi connectivity index (χ0n) is 16.5. The second kappa shape index (κ2) is 9.50. The predicted octanol–water partition coefficient (Wildman–Crippen LogP) is 0.668. The van der Waals surface area contributed by atoms with Gasteiger partial charge in [-0.15, -0.1) is 5.10 Å². The van der Waals surface area contributed by atoms with Gasteiger partial charge in [0.2, 0.25) is 0 Å². The zero-order chi connectivity index (χ0) is 21.5. The maximum Gasteiger partial charge on any atom is 0.328 e. The third-order valence-electron chi connectivity index (χ3n) is 4.21. The Morgan fingerprint density at radius 1 is 1.07 bits per heavy atom. The topological polar surface area (TPSA) is 122 Å². The first kappa shape index (κ1) is 20.8. The molecule has 1 amide bonds. The van der Waals surface area contributed by atoms with E-state index in [1.165, 1.54) is 14.2 Å². The summed E-state index contributed by atoms with van der Waals surface area (Å²) in [7, 11) is 3.05. The molecule has 1 heterocycles. The number of carbonyl (C=O) groups excluding carboxylic acids is 2. The maximum atomic E-state index is 12.3. The van der Waals surface area contributed by atoms with Crippen molar-refractivity contribution in [2.75, 3.05) is 20.8 Å². The van der Waals surface area contributed by atoms with Gasteiger partial charge < -0.3 is 19.5 Å². The second-order valence-corrected chi connectivity index (χ2v) is 6.20. The molecule has 0 aliphatic heterocycles. The van der Waals surface area contributed by atoms with Crippen molar-refractivity contribution in [3.8, 4) is 11.5 Å². The summed E-state index contributed by atoms with van der Waals surface area (Å²) in [6, 6.07) is 11.9. The average molecular weight is 412 g/mol. The van der Waals surface area contributed by atoms with Crippen LogP contribution in [-0.4, -0.2) is 47.7 Å². The van der Waals surface area contributed by atoms with Crippen LogP contribution in [0.1, 0.15) is 5.56 Å². The van der Waals surface area contributed by atoms with Crippen LogP contribution in [0.4, 0.5) is 0 Å². The van der Waals surface area contributed by atoms with E-state index in [2.05, 4.69) is 15.6 Å². The molecule has 0 fully saturated rings. The van der Waals surface area contributed by atoms with Crippen molar-refractivity contribution in [2.24, 2.45) is 0 Å². The number of methoxy groups -OCH3 is 2. The Labute approximate surface area is 171 Å². The lowest BCUT2D eigenvalue weighted by Gasteiger charge is -2.10.